The van der Waals surface area contributed by atoms with Crippen molar-refractivity contribution < 1.29 is 41.8 Å². The second-order valence-electron chi connectivity index (χ2n) is 20.1. The number of nitrogens with zero attached hydrogens (tertiary/aromatic N) is 3. The fourth-order valence-corrected chi connectivity index (χ4v) is 10.9. The maximum Gasteiger partial charge on any atom is 0.240 e. The molecule has 1 N–H and O–H groups in total. The molecule has 2 aromatic heterocycles. The number of rotatable bonds is 12. The lowest BCUT2D eigenvalue weighted by Crippen LogP contribution is -2.47. The second kappa shape index (κ2) is 18.3. The van der Waals surface area contributed by atoms with Gasteiger partial charge in [-0.1, -0.05) is 46.8 Å². The van der Waals surface area contributed by atoms with Crippen molar-refractivity contribution in [3.05, 3.63) is 54.7 Å². The molecule has 7 rings (SSSR count). The zero-order valence-corrected chi connectivity index (χ0v) is 38.8. The van der Waals surface area contributed by atoms with E-state index in [9.17, 15) is 22.8 Å². The number of pyridine rings is 2. The van der Waals surface area contributed by atoms with E-state index in [0.717, 1.165) is 18.2 Å². The Morgan fingerprint density at radius 1 is 1.00 bits per heavy atom. The van der Waals surface area contributed by atoms with Gasteiger partial charge in [0.1, 0.15) is 23.4 Å². The summed E-state index contributed by atoms with van der Waals surface area (Å²) in [6, 6.07) is 10.1. The number of benzene rings is 1. The molecule has 2 aliphatic heterocycles. The number of carbonyl (C=O) groups excluding carboxylic acids is 4. The van der Waals surface area contributed by atoms with Gasteiger partial charge in [0.05, 0.1) is 54.0 Å². The van der Waals surface area contributed by atoms with Crippen LogP contribution in [0.25, 0.3) is 22.2 Å². The van der Waals surface area contributed by atoms with Crippen molar-refractivity contribution in [3.63, 3.8) is 0 Å². The number of sulfonamides is 1. The smallest absolute Gasteiger partial charge is 0.240 e. The zero-order valence-electron chi connectivity index (χ0n) is 38.0. The lowest BCUT2D eigenvalue weighted by molar-refractivity contribution is -0.145. The third-order valence-electron chi connectivity index (χ3n) is 13.0. The van der Waals surface area contributed by atoms with Gasteiger partial charge in [-0.05, 0) is 117 Å². The predicted molar refractivity (Wildman–Crippen MR) is 241 cm³/mol. The highest BCUT2D eigenvalue weighted by atomic mass is 32.2. The number of ketones is 2. The summed E-state index contributed by atoms with van der Waals surface area (Å²) in [5, 5.41) is 0.861. The molecule has 0 unspecified atom stereocenters. The number of amides is 2. The van der Waals surface area contributed by atoms with Gasteiger partial charge < -0.3 is 19.1 Å². The topological polar surface area (TPSA) is 171 Å². The molecule has 340 valence electrons. The van der Waals surface area contributed by atoms with Crippen LogP contribution in [0.15, 0.2) is 54.7 Å². The third kappa shape index (κ3) is 10.9. The van der Waals surface area contributed by atoms with Crippen LogP contribution in [0.3, 0.4) is 0 Å². The molecule has 0 spiro atoms. The number of hydrogen-bond acceptors (Lipinski definition) is 11. The molecule has 13 nitrogen and oxygen atoms in total. The quantitative estimate of drug-likeness (QED) is 0.175. The van der Waals surface area contributed by atoms with E-state index in [0.29, 0.717) is 60.4 Å². The zero-order chi connectivity index (χ0) is 45.4. The highest BCUT2D eigenvalue weighted by molar-refractivity contribution is 7.90. The summed E-state index contributed by atoms with van der Waals surface area (Å²) in [6.45, 7) is 14.1. The number of carbonyl (C=O) groups is 4. The fraction of sp³-hybridized carbons (Fsp3) is 0.592. The first-order valence-electron chi connectivity index (χ1n) is 22.6. The van der Waals surface area contributed by atoms with Crippen molar-refractivity contribution in [2.75, 3.05) is 13.7 Å². The molecule has 2 amide bonds. The first-order chi connectivity index (χ1) is 29.7. The van der Waals surface area contributed by atoms with Crippen molar-refractivity contribution in [2.24, 2.45) is 34.5 Å². The first-order valence-corrected chi connectivity index (χ1v) is 24.2. The lowest BCUT2D eigenvalue weighted by atomic mass is 9.79. The minimum absolute atomic E-state index is 0.00952. The molecule has 1 aromatic carbocycles. The van der Waals surface area contributed by atoms with Crippen LogP contribution in [-0.4, -0.2) is 83.8 Å². The SMILES string of the molecule is COc1ccc2c(O[C@@H]3C[C@H]4C(=O)C[C@]5(C(=O)NS(=O)(=O)C6CC6)C[C@H]5/C=C\CC[C@@H](C)C[C@@H](C)[C@H](CC(=O)CC(C)(C)C)C(=O)N4C3)nc(-c3ccc(OC(C)C)cn3)cc2c1. The molecule has 7 atom stereocenters. The van der Waals surface area contributed by atoms with Gasteiger partial charge in [0.15, 0.2) is 5.78 Å². The Bertz CT molecular complexity index is 2350. The molecule has 0 bridgehead atoms. The maximum atomic E-state index is 15.2. The molecule has 63 heavy (non-hydrogen) atoms. The number of fused-ring (bicyclic) bond motifs is 3. The highest BCUT2D eigenvalue weighted by Crippen LogP contribution is 2.57. The van der Waals surface area contributed by atoms with E-state index in [1.54, 1.807) is 18.2 Å². The lowest BCUT2D eigenvalue weighted by Gasteiger charge is -2.32. The molecular formula is C49H64N4O9S. The predicted octanol–water partition coefficient (Wildman–Crippen LogP) is 8.04. The van der Waals surface area contributed by atoms with Crippen molar-refractivity contribution in [3.8, 4) is 28.8 Å². The molecule has 4 heterocycles. The largest absolute Gasteiger partial charge is 0.497 e. The normalized spacial score (nSPS) is 27.5. The Hall–Kier alpha value is -4.85. The first kappa shape index (κ1) is 46.2. The molecular weight excluding hydrogens is 821 g/mol. The van der Waals surface area contributed by atoms with E-state index in [2.05, 4.69) is 16.6 Å². The van der Waals surface area contributed by atoms with Gasteiger partial charge in [0.2, 0.25) is 27.7 Å². The summed E-state index contributed by atoms with van der Waals surface area (Å²) in [7, 11) is -2.28. The minimum atomic E-state index is -3.88. The van der Waals surface area contributed by atoms with E-state index >= 15 is 4.79 Å². The molecule has 0 radical (unpaired) electrons. The fourth-order valence-electron chi connectivity index (χ4n) is 9.48. The van der Waals surface area contributed by atoms with Crippen LogP contribution >= 0.6 is 0 Å². The summed E-state index contributed by atoms with van der Waals surface area (Å²) in [5.41, 5.74) is -0.427. The van der Waals surface area contributed by atoms with E-state index in [4.69, 9.17) is 19.2 Å². The van der Waals surface area contributed by atoms with Crippen molar-refractivity contribution in [2.45, 2.75) is 136 Å². The number of methoxy groups -OCH3 is 1. The average Bonchev–Trinajstić information content (AvgIpc) is 4.14. The van der Waals surface area contributed by atoms with Crippen LogP contribution in [-0.2, 0) is 29.2 Å². The molecule has 2 aliphatic carbocycles. The molecule has 14 heteroatoms. The van der Waals surface area contributed by atoms with Crippen LogP contribution in [0, 0.1) is 34.5 Å². The van der Waals surface area contributed by atoms with E-state index in [1.807, 2.05) is 90.1 Å². The van der Waals surface area contributed by atoms with Gasteiger partial charge in [-0.15, -0.1) is 0 Å². The number of nitrogens with one attached hydrogen (secondary N) is 1. The highest BCUT2D eigenvalue weighted by Gasteiger charge is 2.61. The maximum absolute atomic E-state index is 15.2. The average molecular weight is 885 g/mol. The summed E-state index contributed by atoms with van der Waals surface area (Å²) < 4.78 is 46.6. The van der Waals surface area contributed by atoms with Crippen LogP contribution in [0.1, 0.15) is 113 Å². The summed E-state index contributed by atoms with van der Waals surface area (Å²) >= 11 is 0. The molecule has 3 aromatic rings. The Labute approximate surface area is 372 Å². The van der Waals surface area contributed by atoms with Gasteiger partial charge in [-0.2, -0.15) is 0 Å². The van der Waals surface area contributed by atoms with Crippen LogP contribution < -0.4 is 18.9 Å². The Kier molecular flexibility index (Phi) is 13.4. The second-order valence-corrected chi connectivity index (χ2v) is 22.1. The van der Waals surface area contributed by atoms with Crippen molar-refractivity contribution in [1.29, 1.82) is 0 Å². The van der Waals surface area contributed by atoms with Crippen molar-refractivity contribution >= 4 is 44.2 Å². The monoisotopic (exact) mass is 884 g/mol. The molecule has 2 saturated carbocycles. The van der Waals surface area contributed by atoms with E-state index < -0.39 is 44.7 Å². The van der Waals surface area contributed by atoms with Gasteiger partial charge in [-0.3, -0.25) is 28.9 Å². The Morgan fingerprint density at radius 3 is 2.41 bits per heavy atom. The number of Topliss-reactive ketones (excluding diaryl/α,β-unsaturated/α-hetero) is 2. The van der Waals surface area contributed by atoms with Gasteiger partial charge in [-0.25, -0.2) is 13.4 Å². The molecule has 1 saturated heterocycles. The number of hydrogen-bond donors (Lipinski definition) is 1. The van der Waals surface area contributed by atoms with Gasteiger partial charge in [0, 0.05) is 37.0 Å². The minimum Gasteiger partial charge on any atom is -0.497 e. The Balaban J connectivity index is 1.25. The summed E-state index contributed by atoms with van der Waals surface area (Å²) in [4.78, 5) is 69.0. The molecule has 4 aliphatic rings. The molecule has 3 fully saturated rings. The van der Waals surface area contributed by atoms with E-state index in [1.165, 1.54) is 0 Å². The standard InChI is InChI=1S/C49H64N4O9S/c1-29(2)61-36-14-18-41(50-27-36)42-21-32-20-35(60-8)13-17-39(32)45(51-42)62-37-23-43-44(55)26-49(47(57)52-63(58,59)38-15-16-38)24-33(49)12-10-9-11-30(3)19-31(4)40(46(56)53(43)28-37)22-34(54)25-48(5,6)7/h10,12-14,17-18,20-21,27,29-31,33,37-38,40,43H,9,11,15-16,19,22-26,28H2,1-8H3,(H,52,57)/b12-10-/t30-,31-,33-,37-,40+,43+,49-/m1/s1. The third-order valence-corrected chi connectivity index (χ3v) is 14.8. The number of ether oxygens (including phenoxy) is 3. The van der Waals surface area contributed by atoms with Crippen LogP contribution in [0.4, 0.5) is 0 Å². The van der Waals surface area contributed by atoms with Gasteiger partial charge >= 0.3 is 0 Å². The number of aromatic nitrogens is 2. The Morgan fingerprint density at radius 2 is 1.75 bits per heavy atom. The summed E-state index contributed by atoms with van der Waals surface area (Å²) in [5.74, 6) is -0.723. The summed E-state index contributed by atoms with van der Waals surface area (Å²) in [6.07, 6.45) is 8.72. The van der Waals surface area contributed by atoms with Crippen LogP contribution in [0.2, 0.25) is 0 Å². The van der Waals surface area contributed by atoms with Crippen molar-refractivity contribution in [1.82, 2.24) is 19.6 Å². The van der Waals surface area contributed by atoms with E-state index in [-0.39, 0.29) is 78.4 Å². The number of allylic oxidation sites excluding steroid dienone is 2. The van der Waals surface area contributed by atoms with Crippen LogP contribution in [0.5, 0.6) is 17.4 Å². The van der Waals surface area contributed by atoms with Gasteiger partial charge in [0.25, 0.3) is 0 Å².